The quantitative estimate of drug-likeness (QED) is 0.736. The molecule has 1 fully saturated rings. The molecule has 0 saturated carbocycles. The van der Waals surface area contributed by atoms with E-state index in [9.17, 15) is 9.59 Å². The molecule has 1 saturated heterocycles. The minimum atomic E-state index is -0.507. The Morgan fingerprint density at radius 3 is 2.56 bits per heavy atom. The molecule has 27 heavy (non-hydrogen) atoms. The van der Waals surface area contributed by atoms with Crippen LogP contribution in [-0.2, 0) is 17.7 Å². The first kappa shape index (κ1) is 17.4. The predicted octanol–water partition coefficient (Wildman–Crippen LogP) is 0.758. The number of carbonyl (C=O) groups is 2. The SMILES string of the molecule is COC(=O)c1ccc(N2CCN(C(=O)c3ncc4n3CCCC4)CC2)nn1. The smallest absolute Gasteiger partial charge is 0.358 e. The lowest BCUT2D eigenvalue weighted by Crippen LogP contribution is -2.49. The zero-order valence-electron chi connectivity index (χ0n) is 15.3. The summed E-state index contributed by atoms with van der Waals surface area (Å²) in [5.41, 5.74) is 1.34. The Morgan fingerprint density at radius 1 is 1.04 bits per heavy atom. The Balaban J connectivity index is 1.39. The van der Waals surface area contributed by atoms with Crippen LogP contribution < -0.4 is 4.90 Å². The molecule has 4 heterocycles. The number of aryl methyl sites for hydroxylation is 1. The predicted molar refractivity (Wildman–Crippen MR) is 96.7 cm³/mol. The molecular formula is C18H22N6O3. The number of hydrogen-bond acceptors (Lipinski definition) is 7. The molecule has 0 unspecified atom stereocenters. The first-order valence-corrected chi connectivity index (χ1v) is 9.18. The number of amides is 1. The summed E-state index contributed by atoms with van der Waals surface area (Å²) in [6, 6.07) is 3.35. The third-order valence-electron chi connectivity index (χ3n) is 5.13. The van der Waals surface area contributed by atoms with Gasteiger partial charge in [0.2, 0.25) is 0 Å². The van der Waals surface area contributed by atoms with Crippen LogP contribution in [0.3, 0.4) is 0 Å². The van der Waals surface area contributed by atoms with Gasteiger partial charge in [-0.05, 0) is 31.4 Å². The van der Waals surface area contributed by atoms with Gasteiger partial charge in [-0.3, -0.25) is 4.79 Å². The van der Waals surface area contributed by atoms with E-state index in [1.807, 2.05) is 11.1 Å². The van der Waals surface area contributed by atoms with Gasteiger partial charge in [0.05, 0.1) is 7.11 Å². The third-order valence-corrected chi connectivity index (χ3v) is 5.13. The number of esters is 1. The number of fused-ring (bicyclic) bond motifs is 1. The van der Waals surface area contributed by atoms with Crippen LogP contribution in [0.1, 0.15) is 39.6 Å². The van der Waals surface area contributed by atoms with E-state index in [0.29, 0.717) is 37.8 Å². The summed E-state index contributed by atoms with van der Waals surface area (Å²) in [5, 5.41) is 8.01. The summed E-state index contributed by atoms with van der Waals surface area (Å²) >= 11 is 0. The number of aromatic nitrogens is 4. The standard InChI is InChI=1S/C18H22N6O3/c1-27-18(26)14-5-6-15(21-20-14)22-8-10-23(11-9-22)17(25)16-19-12-13-4-2-3-7-24(13)16/h5-6,12H,2-4,7-11H2,1H3. The molecule has 0 bridgehead atoms. The fourth-order valence-electron chi connectivity index (χ4n) is 3.59. The van der Waals surface area contributed by atoms with E-state index >= 15 is 0 Å². The second-order valence-corrected chi connectivity index (χ2v) is 6.73. The van der Waals surface area contributed by atoms with E-state index in [2.05, 4.69) is 29.4 Å². The van der Waals surface area contributed by atoms with Gasteiger partial charge in [0, 0.05) is 44.6 Å². The lowest BCUT2D eigenvalue weighted by Gasteiger charge is -2.35. The van der Waals surface area contributed by atoms with Crippen LogP contribution in [0.2, 0.25) is 0 Å². The Hall–Kier alpha value is -2.97. The van der Waals surface area contributed by atoms with Crippen molar-refractivity contribution in [2.75, 3.05) is 38.2 Å². The van der Waals surface area contributed by atoms with Gasteiger partial charge in [-0.15, -0.1) is 10.2 Å². The highest BCUT2D eigenvalue weighted by Gasteiger charge is 2.27. The molecule has 2 aliphatic heterocycles. The molecule has 9 heteroatoms. The molecule has 0 spiro atoms. The molecule has 142 valence electrons. The van der Waals surface area contributed by atoms with Gasteiger partial charge in [-0.1, -0.05) is 0 Å². The number of ether oxygens (including phenoxy) is 1. The molecule has 0 aliphatic carbocycles. The second kappa shape index (κ2) is 7.34. The van der Waals surface area contributed by atoms with Crippen LogP contribution in [0, 0.1) is 0 Å². The van der Waals surface area contributed by atoms with Crippen molar-refractivity contribution in [3.05, 3.63) is 35.5 Å². The van der Waals surface area contributed by atoms with E-state index in [0.717, 1.165) is 31.5 Å². The number of methoxy groups -OCH3 is 1. The number of carbonyl (C=O) groups excluding carboxylic acids is 2. The number of anilines is 1. The summed E-state index contributed by atoms with van der Waals surface area (Å²) in [6.45, 7) is 3.39. The summed E-state index contributed by atoms with van der Waals surface area (Å²) in [7, 11) is 1.31. The second-order valence-electron chi connectivity index (χ2n) is 6.73. The fourth-order valence-corrected chi connectivity index (χ4v) is 3.59. The molecule has 0 N–H and O–H groups in total. The van der Waals surface area contributed by atoms with Gasteiger partial charge in [-0.2, -0.15) is 0 Å². The van der Waals surface area contributed by atoms with Crippen molar-refractivity contribution in [3.63, 3.8) is 0 Å². The summed E-state index contributed by atoms with van der Waals surface area (Å²) in [6.07, 6.45) is 5.08. The van der Waals surface area contributed by atoms with Crippen LogP contribution in [0.25, 0.3) is 0 Å². The third kappa shape index (κ3) is 3.36. The summed E-state index contributed by atoms with van der Waals surface area (Å²) < 4.78 is 6.69. The van der Waals surface area contributed by atoms with E-state index in [4.69, 9.17) is 0 Å². The molecular weight excluding hydrogens is 348 g/mol. The van der Waals surface area contributed by atoms with Crippen molar-refractivity contribution in [2.45, 2.75) is 25.8 Å². The van der Waals surface area contributed by atoms with Gasteiger partial charge in [0.1, 0.15) is 0 Å². The maximum absolute atomic E-state index is 12.9. The number of hydrogen-bond donors (Lipinski definition) is 0. The lowest BCUT2D eigenvalue weighted by molar-refractivity contribution is 0.0592. The van der Waals surface area contributed by atoms with Crippen LogP contribution in [0.5, 0.6) is 0 Å². The summed E-state index contributed by atoms with van der Waals surface area (Å²) in [5.74, 6) is 0.732. The molecule has 1 amide bonds. The molecule has 0 radical (unpaired) electrons. The van der Waals surface area contributed by atoms with Gasteiger partial charge in [0.25, 0.3) is 5.91 Å². The Kier molecular flexibility index (Phi) is 4.74. The Labute approximate surface area is 156 Å². The van der Waals surface area contributed by atoms with Crippen molar-refractivity contribution in [1.29, 1.82) is 0 Å². The van der Waals surface area contributed by atoms with Crippen molar-refractivity contribution in [1.82, 2.24) is 24.6 Å². The van der Waals surface area contributed by atoms with Crippen LogP contribution in [-0.4, -0.2) is 69.8 Å². The summed E-state index contributed by atoms with van der Waals surface area (Å²) in [4.78, 5) is 32.6. The molecule has 2 aliphatic rings. The maximum Gasteiger partial charge on any atom is 0.358 e. The van der Waals surface area contributed by atoms with Crippen LogP contribution >= 0.6 is 0 Å². The monoisotopic (exact) mass is 370 g/mol. The minimum Gasteiger partial charge on any atom is -0.464 e. The largest absolute Gasteiger partial charge is 0.464 e. The number of rotatable bonds is 3. The van der Waals surface area contributed by atoms with E-state index in [1.165, 1.54) is 7.11 Å². The maximum atomic E-state index is 12.9. The zero-order chi connectivity index (χ0) is 18.8. The van der Waals surface area contributed by atoms with Crippen molar-refractivity contribution >= 4 is 17.7 Å². The average molecular weight is 370 g/mol. The molecule has 2 aromatic heterocycles. The van der Waals surface area contributed by atoms with Crippen molar-refractivity contribution in [3.8, 4) is 0 Å². The molecule has 9 nitrogen and oxygen atoms in total. The lowest BCUT2D eigenvalue weighted by atomic mass is 10.1. The van der Waals surface area contributed by atoms with Gasteiger partial charge >= 0.3 is 5.97 Å². The normalized spacial score (nSPS) is 16.8. The number of piperazine rings is 1. The van der Waals surface area contributed by atoms with Crippen LogP contribution in [0.15, 0.2) is 18.3 Å². The van der Waals surface area contributed by atoms with Crippen molar-refractivity contribution < 1.29 is 14.3 Å². The number of nitrogens with zero attached hydrogens (tertiary/aromatic N) is 6. The number of imidazole rings is 1. The van der Waals surface area contributed by atoms with E-state index in [1.54, 1.807) is 12.1 Å². The topological polar surface area (TPSA) is 93.5 Å². The highest BCUT2D eigenvalue weighted by Crippen LogP contribution is 2.19. The van der Waals surface area contributed by atoms with E-state index in [-0.39, 0.29) is 11.6 Å². The van der Waals surface area contributed by atoms with Gasteiger partial charge in [0.15, 0.2) is 17.3 Å². The molecule has 4 rings (SSSR count). The molecule has 0 atom stereocenters. The zero-order valence-corrected chi connectivity index (χ0v) is 15.3. The van der Waals surface area contributed by atoms with E-state index < -0.39 is 5.97 Å². The highest BCUT2D eigenvalue weighted by molar-refractivity contribution is 5.91. The first-order chi connectivity index (χ1) is 13.2. The van der Waals surface area contributed by atoms with Crippen molar-refractivity contribution in [2.24, 2.45) is 0 Å². The van der Waals surface area contributed by atoms with Gasteiger partial charge in [-0.25, -0.2) is 9.78 Å². The molecule has 0 aromatic carbocycles. The van der Waals surface area contributed by atoms with Crippen LogP contribution in [0.4, 0.5) is 5.82 Å². The highest BCUT2D eigenvalue weighted by atomic mass is 16.5. The first-order valence-electron chi connectivity index (χ1n) is 9.18. The Morgan fingerprint density at radius 2 is 1.85 bits per heavy atom. The average Bonchev–Trinajstić information content (AvgIpc) is 3.17. The van der Waals surface area contributed by atoms with Gasteiger partial charge < -0.3 is 19.1 Å². The fraction of sp³-hybridized carbons (Fsp3) is 0.500. The minimum absolute atomic E-state index is 0.00470. The Bertz CT molecular complexity index is 839. The molecule has 2 aromatic rings.